The summed E-state index contributed by atoms with van der Waals surface area (Å²) in [6, 6.07) is 10.7. The first-order valence-electron chi connectivity index (χ1n) is 6.95. The van der Waals surface area contributed by atoms with Gasteiger partial charge in [-0.3, -0.25) is 4.99 Å². The van der Waals surface area contributed by atoms with Gasteiger partial charge in [0.2, 0.25) is 0 Å². The van der Waals surface area contributed by atoms with E-state index in [9.17, 15) is 8.42 Å². The Balaban J connectivity index is 1.92. The zero-order valence-corrected chi connectivity index (χ0v) is 14.3. The van der Waals surface area contributed by atoms with Crippen LogP contribution in [0.25, 0.3) is 0 Å². The van der Waals surface area contributed by atoms with Crippen LogP contribution in [-0.4, -0.2) is 42.9 Å². The molecule has 0 radical (unpaired) electrons. The van der Waals surface area contributed by atoms with Crippen molar-refractivity contribution in [2.24, 2.45) is 4.99 Å². The van der Waals surface area contributed by atoms with Crippen molar-refractivity contribution < 1.29 is 8.42 Å². The summed E-state index contributed by atoms with van der Waals surface area (Å²) in [6.07, 6.45) is 2.23. The molecule has 1 aromatic carbocycles. The standard InChI is InChI=1S/C15H22N2O2S2/c1-15(2,21(3,18)19)11-16-14-17-13(10-20-14)9-12-7-5-4-6-8-12/h4-8,13H,9-11H2,1-3H3,(H,16,17). The molecule has 1 unspecified atom stereocenters. The maximum atomic E-state index is 11.7. The molecule has 1 aliphatic rings. The number of hydrogen-bond donors (Lipinski definition) is 1. The van der Waals surface area contributed by atoms with E-state index in [1.807, 2.05) is 18.2 Å². The van der Waals surface area contributed by atoms with Crippen molar-refractivity contribution in [3.05, 3.63) is 35.9 Å². The summed E-state index contributed by atoms with van der Waals surface area (Å²) < 4.78 is 22.5. The first kappa shape index (κ1) is 16.4. The monoisotopic (exact) mass is 326 g/mol. The Hall–Kier alpha value is -1.01. The number of amidine groups is 1. The largest absolute Gasteiger partial charge is 0.361 e. The van der Waals surface area contributed by atoms with Gasteiger partial charge < -0.3 is 5.32 Å². The van der Waals surface area contributed by atoms with E-state index in [1.165, 1.54) is 11.8 Å². The summed E-state index contributed by atoms with van der Waals surface area (Å²) in [4.78, 5) is 4.44. The third-order valence-electron chi connectivity index (χ3n) is 3.68. The third kappa shape index (κ3) is 4.48. The molecule has 0 saturated carbocycles. The molecule has 1 aromatic rings. The van der Waals surface area contributed by atoms with E-state index >= 15 is 0 Å². The lowest BCUT2D eigenvalue weighted by Crippen LogP contribution is -2.35. The topological polar surface area (TPSA) is 58.5 Å². The van der Waals surface area contributed by atoms with Gasteiger partial charge in [0, 0.05) is 18.1 Å². The van der Waals surface area contributed by atoms with Gasteiger partial charge in [-0.1, -0.05) is 42.1 Å². The van der Waals surface area contributed by atoms with Crippen LogP contribution < -0.4 is 5.32 Å². The maximum absolute atomic E-state index is 11.7. The molecule has 0 amide bonds. The Bertz CT molecular complexity index is 610. The van der Waals surface area contributed by atoms with E-state index in [0.29, 0.717) is 12.6 Å². The van der Waals surface area contributed by atoms with Crippen LogP contribution in [0.2, 0.25) is 0 Å². The van der Waals surface area contributed by atoms with Crippen molar-refractivity contribution >= 4 is 26.8 Å². The molecule has 0 aliphatic carbocycles. The lowest BCUT2D eigenvalue weighted by atomic mass is 10.1. The fraction of sp³-hybridized carbons (Fsp3) is 0.533. The van der Waals surface area contributed by atoms with Gasteiger partial charge in [-0.2, -0.15) is 0 Å². The SMILES string of the molecule is CC(C)(CN=C1NC(Cc2ccccc2)CS1)S(C)(=O)=O. The van der Waals surface area contributed by atoms with Gasteiger partial charge in [0.15, 0.2) is 15.0 Å². The zero-order chi connectivity index (χ0) is 15.5. The first-order chi connectivity index (χ1) is 9.78. The van der Waals surface area contributed by atoms with Crippen molar-refractivity contribution in [3.8, 4) is 0 Å². The van der Waals surface area contributed by atoms with Crippen LogP contribution in [0, 0.1) is 0 Å². The van der Waals surface area contributed by atoms with Crippen LogP contribution in [0.4, 0.5) is 0 Å². The fourth-order valence-corrected chi connectivity index (χ4v) is 3.18. The highest BCUT2D eigenvalue weighted by molar-refractivity contribution is 8.14. The molecule has 116 valence electrons. The molecular weight excluding hydrogens is 304 g/mol. The van der Waals surface area contributed by atoms with Gasteiger partial charge in [-0.25, -0.2) is 8.42 Å². The van der Waals surface area contributed by atoms with Gasteiger partial charge in [0.25, 0.3) is 0 Å². The Kier molecular flexibility index (Phi) is 4.99. The van der Waals surface area contributed by atoms with E-state index in [2.05, 4.69) is 22.4 Å². The number of sulfone groups is 1. The van der Waals surface area contributed by atoms with E-state index in [-0.39, 0.29) is 0 Å². The van der Waals surface area contributed by atoms with Gasteiger partial charge in [-0.05, 0) is 25.8 Å². The maximum Gasteiger partial charge on any atom is 0.156 e. The molecule has 2 rings (SSSR count). The summed E-state index contributed by atoms with van der Waals surface area (Å²) in [6.45, 7) is 3.72. The Labute approximate surface area is 131 Å². The average molecular weight is 326 g/mol. The number of hydrogen-bond acceptors (Lipinski definition) is 4. The molecule has 1 atom stereocenters. The minimum absolute atomic E-state index is 0.291. The van der Waals surface area contributed by atoms with E-state index in [0.717, 1.165) is 17.3 Å². The second-order valence-electron chi connectivity index (χ2n) is 6.00. The molecule has 1 aliphatic heterocycles. The highest BCUT2D eigenvalue weighted by atomic mass is 32.2. The summed E-state index contributed by atoms with van der Waals surface area (Å²) in [5.41, 5.74) is 1.30. The van der Waals surface area contributed by atoms with Crippen molar-refractivity contribution in [1.82, 2.24) is 5.32 Å². The number of aliphatic imine (C=N–C) groups is 1. The molecule has 1 N–H and O–H groups in total. The number of rotatable bonds is 5. The van der Waals surface area contributed by atoms with Gasteiger partial charge in [-0.15, -0.1) is 0 Å². The Morgan fingerprint density at radius 2 is 2.00 bits per heavy atom. The van der Waals surface area contributed by atoms with E-state index < -0.39 is 14.6 Å². The third-order valence-corrected chi connectivity index (χ3v) is 6.91. The lowest BCUT2D eigenvalue weighted by molar-refractivity contribution is 0.555. The predicted octanol–water partition coefficient (Wildman–Crippen LogP) is 2.11. The Morgan fingerprint density at radius 1 is 1.33 bits per heavy atom. The second kappa shape index (κ2) is 6.40. The second-order valence-corrected chi connectivity index (χ2v) is 9.65. The predicted molar refractivity (Wildman–Crippen MR) is 90.8 cm³/mol. The molecule has 1 heterocycles. The van der Waals surface area contributed by atoms with Gasteiger partial charge in [0.1, 0.15) is 0 Å². The number of benzene rings is 1. The van der Waals surface area contributed by atoms with Crippen molar-refractivity contribution in [2.75, 3.05) is 18.6 Å². The van der Waals surface area contributed by atoms with Crippen LogP contribution >= 0.6 is 11.8 Å². The van der Waals surface area contributed by atoms with Crippen LogP contribution in [0.15, 0.2) is 35.3 Å². The molecule has 1 saturated heterocycles. The quantitative estimate of drug-likeness (QED) is 0.900. The minimum atomic E-state index is -3.10. The molecule has 21 heavy (non-hydrogen) atoms. The molecular formula is C15H22N2O2S2. The van der Waals surface area contributed by atoms with Crippen LogP contribution in [0.1, 0.15) is 19.4 Å². The normalized spacial score (nSPS) is 21.5. The first-order valence-corrected chi connectivity index (χ1v) is 9.83. The van der Waals surface area contributed by atoms with Gasteiger partial charge >= 0.3 is 0 Å². The smallest absolute Gasteiger partial charge is 0.156 e. The fourth-order valence-electron chi connectivity index (χ4n) is 1.92. The molecule has 4 nitrogen and oxygen atoms in total. The summed E-state index contributed by atoms with van der Waals surface area (Å²) in [7, 11) is -3.10. The average Bonchev–Trinajstić information content (AvgIpc) is 2.84. The molecule has 0 bridgehead atoms. The minimum Gasteiger partial charge on any atom is -0.361 e. The lowest BCUT2D eigenvalue weighted by Gasteiger charge is -2.20. The summed E-state index contributed by atoms with van der Waals surface area (Å²) in [5, 5.41) is 4.24. The van der Waals surface area contributed by atoms with Crippen molar-refractivity contribution in [3.63, 3.8) is 0 Å². The van der Waals surface area contributed by atoms with E-state index in [1.54, 1.807) is 25.6 Å². The molecule has 0 spiro atoms. The number of nitrogens with one attached hydrogen (secondary N) is 1. The van der Waals surface area contributed by atoms with Gasteiger partial charge in [0.05, 0.1) is 11.3 Å². The van der Waals surface area contributed by atoms with Crippen LogP contribution in [-0.2, 0) is 16.3 Å². The van der Waals surface area contributed by atoms with Crippen LogP contribution in [0.5, 0.6) is 0 Å². The highest BCUT2D eigenvalue weighted by Gasteiger charge is 2.30. The number of nitrogens with zero attached hydrogens (tertiary/aromatic N) is 1. The molecule has 0 aromatic heterocycles. The molecule has 1 fully saturated rings. The number of thioether (sulfide) groups is 1. The molecule has 6 heteroatoms. The zero-order valence-electron chi connectivity index (χ0n) is 12.7. The summed E-state index contributed by atoms with van der Waals surface area (Å²) in [5.74, 6) is 0.965. The van der Waals surface area contributed by atoms with E-state index in [4.69, 9.17) is 0 Å². The Morgan fingerprint density at radius 3 is 2.62 bits per heavy atom. The summed E-state index contributed by atoms with van der Waals surface area (Å²) >= 11 is 1.67. The van der Waals surface area contributed by atoms with Crippen LogP contribution in [0.3, 0.4) is 0 Å². The highest BCUT2D eigenvalue weighted by Crippen LogP contribution is 2.20. The van der Waals surface area contributed by atoms with Crippen molar-refractivity contribution in [2.45, 2.75) is 31.1 Å². The van der Waals surface area contributed by atoms with Crippen molar-refractivity contribution in [1.29, 1.82) is 0 Å².